The smallest absolute Gasteiger partial charge is 0.119 e. The van der Waals surface area contributed by atoms with Crippen molar-refractivity contribution in [2.45, 2.75) is 6.54 Å². The quantitative estimate of drug-likeness (QED) is 0.786. The molecule has 0 radical (unpaired) electrons. The zero-order valence-corrected chi connectivity index (χ0v) is 12.9. The fraction of sp³-hybridized carbons (Fsp3) is 0.267. The number of benzene rings is 1. The molecule has 106 valence electrons. The van der Waals surface area contributed by atoms with Gasteiger partial charge in [0.15, 0.2) is 0 Å². The second-order valence-corrected chi connectivity index (χ2v) is 5.15. The average molecular weight is 337 g/mol. The number of nitrogens with zero attached hydrogens (tertiary/aromatic N) is 1. The Kier molecular flexibility index (Phi) is 5.83. The molecule has 0 saturated carbocycles. The molecular formula is C15H17BrN2O2. The summed E-state index contributed by atoms with van der Waals surface area (Å²) < 4.78 is 11.4. The monoisotopic (exact) mass is 336 g/mol. The molecule has 0 aliphatic rings. The summed E-state index contributed by atoms with van der Waals surface area (Å²) >= 11 is 3.41. The summed E-state index contributed by atoms with van der Waals surface area (Å²) in [4.78, 5) is 4.13. The first-order valence-corrected chi connectivity index (χ1v) is 7.12. The lowest BCUT2D eigenvalue weighted by Gasteiger charge is -2.09. The van der Waals surface area contributed by atoms with Crippen molar-refractivity contribution in [2.24, 2.45) is 0 Å². The van der Waals surface area contributed by atoms with E-state index in [-0.39, 0.29) is 0 Å². The molecule has 2 rings (SSSR count). The molecule has 0 aliphatic carbocycles. The summed E-state index contributed by atoms with van der Waals surface area (Å²) in [6.45, 7) is 1.89. The van der Waals surface area contributed by atoms with Crippen LogP contribution in [0.25, 0.3) is 0 Å². The number of ether oxygens (including phenoxy) is 2. The summed E-state index contributed by atoms with van der Waals surface area (Å²) in [5.41, 5.74) is 2.17. The summed E-state index contributed by atoms with van der Waals surface area (Å²) in [5.74, 6) is 0.844. The molecule has 1 heterocycles. The van der Waals surface area contributed by atoms with Gasteiger partial charge in [-0.2, -0.15) is 0 Å². The minimum Gasteiger partial charge on any atom is -0.491 e. The molecule has 1 aromatic heterocycles. The van der Waals surface area contributed by atoms with Crippen LogP contribution in [0.4, 0.5) is 5.69 Å². The molecule has 20 heavy (non-hydrogen) atoms. The first-order chi connectivity index (χ1) is 9.78. The predicted octanol–water partition coefficient (Wildman–Crippen LogP) is 3.48. The van der Waals surface area contributed by atoms with Gasteiger partial charge in [0.1, 0.15) is 12.4 Å². The fourth-order valence-electron chi connectivity index (χ4n) is 1.67. The summed E-state index contributed by atoms with van der Waals surface area (Å²) in [6.07, 6.45) is 3.62. The number of hydrogen-bond acceptors (Lipinski definition) is 4. The van der Waals surface area contributed by atoms with E-state index in [1.165, 1.54) is 0 Å². The second kappa shape index (κ2) is 7.87. The molecule has 1 N–H and O–H groups in total. The fourth-order valence-corrected chi connectivity index (χ4v) is 2.08. The van der Waals surface area contributed by atoms with Crippen LogP contribution in [0.15, 0.2) is 47.2 Å². The Morgan fingerprint density at radius 3 is 2.65 bits per heavy atom. The highest BCUT2D eigenvalue weighted by molar-refractivity contribution is 9.10. The molecular weight excluding hydrogens is 320 g/mol. The molecule has 0 amide bonds. The predicted molar refractivity (Wildman–Crippen MR) is 83.1 cm³/mol. The molecule has 0 saturated heterocycles. The van der Waals surface area contributed by atoms with Crippen molar-refractivity contribution in [1.82, 2.24) is 4.98 Å². The topological polar surface area (TPSA) is 43.4 Å². The molecule has 2 aromatic rings. The lowest BCUT2D eigenvalue weighted by Crippen LogP contribution is -2.04. The van der Waals surface area contributed by atoms with Gasteiger partial charge in [-0.1, -0.05) is 0 Å². The molecule has 5 heteroatoms. The van der Waals surface area contributed by atoms with Gasteiger partial charge < -0.3 is 14.8 Å². The van der Waals surface area contributed by atoms with Gasteiger partial charge in [0.25, 0.3) is 0 Å². The number of hydrogen-bond donors (Lipinski definition) is 1. The maximum absolute atomic E-state index is 5.51. The highest BCUT2D eigenvalue weighted by atomic mass is 79.9. The Morgan fingerprint density at radius 1 is 1.15 bits per heavy atom. The van der Waals surface area contributed by atoms with E-state index in [9.17, 15) is 0 Å². The van der Waals surface area contributed by atoms with Gasteiger partial charge in [-0.05, 0) is 51.8 Å². The molecule has 0 unspecified atom stereocenters. The van der Waals surface area contributed by atoms with Gasteiger partial charge in [-0.3, -0.25) is 4.98 Å². The van der Waals surface area contributed by atoms with Crippen molar-refractivity contribution in [3.63, 3.8) is 0 Å². The molecule has 0 atom stereocenters. The maximum Gasteiger partial charge on any atom is 0.119 e. The lowest BCUT2D eigenvalue weighted by molar-refractivity contribution is 0.146. The number of aromatic nitrogens is 1. The summed E-state index contributed by atoms with van der Waals surface area (Å²) in [5, 5.41) is 3.34. The van der Waals surface area contributed by atoms with Gasteiger partial charge >= 0.3 is 0 Å². The van der Waals surface area contributed by atoms with E-state index >= 15 is 0 Å². The van der Waals surface area contributed by atoms with Crippen LogP contribution >= 0.6 is 15.9 Å². The lowest BCUT2D eigenvalue weighted by atomic mass is 10.2. The number of halogens is 1. The average Bonchev–Trinajstić information content (AvgIpc) is 2.47. The maximum atomic E-state index is 5.51. The molecule has 4 nitrogen and oxygen atoms in total. The Morgan fingerprint density at radius 2 is 1.95 bits per heavy atom. The van der Waals surface area contributed by atoms with Crippen molar-refractivity contribution in [2.75, 3.05) is 25.6 Å². The first kappa shape index (κ1) is 14.8. The largest absolute Gasteiger partial charge is 0.491 e. The van der Waals surface area contributed by atoms with E-state index in [1.807, 2.05) is 36.5 Å². The Labute approximate surface area is 127 Å². The van der Waals surface area contributed by atoms with Gasteiger partial charge in [-0.15, -0.1) is 0 Å². The molecule has 0 spiro atoms. The first-order valence-electron chi connectivity index (χ1n) is 6.33. The van der Waals surface area contributed by atoms with E-state index < -0.39 is 0 Å². The highest BCUT2D eigenvalue weighted by Gasteiger charge is 1.97. The van der Waals surface area contributed by atoms with E-state index in [0.717, 1.165) is 28.0 Å². The van der Waals surface area contributed by atoms with Crippen LogP contribution in [0, 0.1) is 0 Å². The van der Waals surface area contributed by atoms with Crippen LogP contribution in [0.3, 0.4) is 0 Å². The Hall–Kier alpha value is -1.59. The van der Waals surface area contributed by atoms with E-state index in [0.29, 0.717) is 13.2 Å². The number of anilines is 1. The minimum atomic E-state index is 0.562. The van der Waals surface area contributed by atoms with Crippen molar-refractivity contribution in [1.29, 1.82) is 0 Å². The minimum absolute atomic E-state index is 0.562. The van der Waals surface area contributed by atoms with Crippen LogP contribution in [-0.4, -0.2) is 25.3 Å². The normalized spacial score (nSPS) is 10.3. The standard InChI is InChI=1S/C15H17BrN2O2/c1-19-6-7-20-15-4-2-14(3-5-15)18-10-12-8-13(16)11-17-9-12/h2-5,8-9,11,18H,6-7,10H2,1H3. The van der Waals surface area contributed by atoms with Gasteiger partial charge in [-0.25, -0.2) is 0 Å². The molecule has 0 bridgehead atoms. The van der Waals surface area contributed by atoms with Crippen LogP contribution in [0.2, 0.25) is 0 Å². The van der Waals surface area contributed by atoms with Crippen molar-refractivity contribution in [3.05, 3.63) is 52.8 Å². The molecule has 1 aromatic carbocycles. The van der Waals surface area contributed by atoms with Crippen LogP contribution < -0.4 is 10.1 Å². The van der Waals surface area contributed by atoms with E-state index in [2.05, 4.69) is 26.2 Å². The third-order valence-electron chi connectivity index (χ3n) is 2.67. The SMILES string of the molecule is COCCOc1ccc(NCc2cncc(Br)c2)cc1. The van der Waals surface area contributed by atoms with Gasteiger partial charge in [0, 0.05) is 36.2 Å². The summed E-state index contributed by atoms with van der Waals surface area (Å²) in [7, 11) is 1.66. The Balaban J connectivity index is 1.84. The molecule has 0 aliphatic heterocycles. The third-order valence-corrected chi connectivity index (χ3v) is 3.10. The number of methoxy groups -OCH3 is 1. The van der Waals surface area contributed by atoms with Gasteiger partial charge in [0.05, 0.1) is 6.61 Å². The number of pyridine rings is 1. The van der Waals surface area contributed by atoms with E-state index in [4.69, 9.17) is 9.47 Å². The van der Waals surface area contributed by atoms with Crippen molar-refractivity contribution >= 4 is 21.6 Å². The second-order valence-electron chi connectivity index (χ2n) is 4.23. The Bertz CT molecular complexity index is 532. The van der Waals surface area contributed by atoms with Crippen molar-refractivity contribution < 1.29 is 9.47 Å². The third kappa shape index (κ3) is 4.83. The molecule has 0 fully saturated rings. The van der Waals surface area contributed by atoms with E-state index in [1.54, 1.807) is 13.3 Å². The van der Waals surface area contributed by atoms with Gasteiger partial charge in [0.2, 0.25) is 0 Å². The van der Waals surface area contributed by atoms with Crippen molar-refractivity contribution in [3.8, 4) is 5.75 Å². The zero-order chi connectivity index (χ0) is 14.2. The van der Waals surface area contributed by atoms with Crippen LogP contribution in [0.1, 0.15) is 5.56 Å². The highest BCUT2D eigenvalue weighted by Crippen LogP contribution is 2.17. The summed E-state index contributed by atoms with van der Waals surface area (Å²) in [6, 6.07) is 9.91. The zero-order valence-electron chi connectivity index (χ0n) is 11.3. The number of rotatable bonds is 7. The van der Waals surface area contributed by atoms with Crippen LogP contribution in [0.5, 0.6) is 5.75 Å². The van der Waals surface area contributed by atoms with Crippen LogP contribution in [-0.2, 0) is 11.3 Å². The number of nitrogens with one attached hydrogen (secondary N) is 1.